The number of ketones is 1. The summed E-state index contributed by atoms with van der Waals surface area (Å²) in [5.41, 5.74) is -7.84. The predicted octanol–water partition coefficient (Wildman–Crippen LogP) is 7.84. The van der Waals surface area contributed by atoms with Crippen LogP contribution in [0.15, 0.2) is 71.8 Å². The first-order valence-corrected chi connectivity index (χ1v) is 22.8. The molecule has 358 valence electrons. The Bertz CT molecular complexity index is 2280. The van der Waals surface area contributed by atoms with Crippen LogP contribution in [0.3, 0.4) is 0 Å². The van der Waals surface area contributed by atoms with Gasteiger partial charge in [0, 0.05) is 25.2 Å². The van der Waals surface area contributed by atoms with E-state index in [9.17, 15) is 29.1 Å². The first-order chi connectivity index (χ1) is 30.7. The zero-order chi connectivity index (χ0) is 48.4. The van der Waals surface area contributed by atoms with Gasteiger partial charge in [0.25, 0.3) is 0 Å². The van der Waals surface area contributed by atoms with Crippen molar-refractivity contribution in [2.24, 2.45) is 16.7 Å². The monoisotopic (exact) mass is 1040 g/mol. The van der Waals surface area contributed by atoms with Crippen LogP contribution >= 0.6 is 69.6 Å². The lowest BCUT2D eigenvalue weighted by Gasteiger charge is -2.67. The van der Waals surface area contributed by atoms with Crippen LogP contribution in [0.2, 0.25) is 0 Å². The Morgan fingerprint density at radius 2 is 1.39 bits per heavy atom. The van der Waals surface area contributed by atoms with E-state index in [1.807, 2.05) is 0 Å². The van der Waals surface area contributed by atoms with Crippen LogP contribution in [-0.4, -0.2) is 116 Å². The number of hydrogen-bond acceptors (Lipinski definition) is 16. The molecule has 2 aromatic rings. The molecule has 0 radical (unpaired) electrons. The molecular weight excluding hydrogens is 997 g/mol. The lowest BCUT2D eigenvalue weighted by molar-refractivity contribution is -0.346. The van der Waals surface area contributed by atoms with Crippen molar-refractivity contribution in [2.45, 2.75) is 109 Å². The number of hydrogen-bond donors (Lipinski definition) is 1. The molecule has 2 saturated heterocycles. The standard InChI is InChI=1S/C44H44Cl6O16/c1-21-25(61-36(54)31-29(63-31)23-12-8-6-9-13-23)17-42(57)34(65-35(53)24-14-10-7-11-15-24)32-40(5,33(52)30(28(21)39(42,3)4)64-38(56)60-20-44(48,49)50)26(62-37(55)59-19-43(45,46)47)16-27-41(32,18-58-27)66-22(2)51/h6-15,25-27,29-32,34,57H,16-20H2,1-5H3/t25-,26-,27+,29+,30+,31+,32-,34-,40+,41-,42+/m0/s1. The summed E-state index contributed by atoms with van der Waals surface area (Å²) < 4.78 is 48.3. The van der Waals surface area contributed by atoms with Crippen molar-refractivity contribution in [1.82, 2.24) is 0 Å². The number of alkyl halides is 6. The Balaban J connectivity index is 1.45. The fraction of sp³-hybridized carbons (Fsp3) is 0.545. The highest BCUT2D eigenvalue weighted by Crippen LogP contribution is 2.65. The fourth-order valence-electron chi connectivity index (χ4n) is 9.96. The SMILES string of the molecule is CC(=O)O[C@@]12CO[C@@H]1C[C@H](OC(=O)OCC(Cl)(Cl)Cl)[C@@]1(C)C(=O)[C@H](OC(=O)OCC(Cl)(Cl)Cl)C3=C(C)[C@@H](OC(=O)[C@@H]4O[C@@H]4c4ccccc4)C[C@@](O)([C@@H](OC(=O)c4ccccc4)[C@H]21)C3(C)C. The molecule has 0 aromatic heterocycles. The average Bonchev–Trinajstić information content (AvgIpc) is 4.04. The van der Waals surface area contributed by atoms with Crippen molar-refractivity contribution in [3.63, 3.8) is 0 Å². The third-order valence-corrected chi connectivity index (χ3v) is 13.8. The number of Topliss-reactive ketones (excluding diaryl/α,β-unsaturated/α-hetero) is 1. The molecule has 0 amide bonds. The molecule has 3 aliphatic carbocycles. The highest BCUT2D eigenvalue weighted by molar-refractivity contribution is 6.68. The number of benzene rings is 2. The van der Waals surface area contributed by atoms with E-state index in [1.54, 1.807) is 48.5 Å². The van der Waals surface area contributed by atoms with Crippen molar-refractivity contribution < 1.29 is 76.5 Å². The Morgan fingerprint density at radius 3 is 1.94 bits per heavy atom. The molecule has 2 aromatic carbocycles. The maximum atomic E-state index is 16.1. The highest BCUT2D eigenvalue weighted by Gasteiger charge is 2.79. The second-order valence-corrected chi connectivity index (χ2v) is 22.5. The average molecular weight is 1040 g/mol. The number of aliphatic hydroxyl groups is 1. The van der Waals surface area contributed by atoms with Gasteiger partial charge >= 0.3 is 30.2 Å². The molecule has 11 atom stereocenters. The van der Waals surface area contributed by atoms with Gasteiger partial charge in [0.15, 0.2) is 23.6 Å². The van der Waals surface area contributed by atoms with Gasteiger partial charge in [-0.1, -0.05) is 132 Å². The van der Waals surface area contributed by atoms with Crippen LogP contribution in [0.4, 0.5) is 9.59 Å². The molecular formula is C44H44Cl6O16. The van der Waals surface area contributed by atoms with E-state index in [-0.39, 0.29) is 23.1 Å². The topological polar surface area (TPSA) is 209 Å². The molecule has 2 saturated carbocycles. The summed E-state index contributed by atoms with van der Waals surface area (Å²) in [4.78, 5) is 85.1. The Kier molecular flexibility index (Phi) is 14.0. The number of rotatable bonds is 10. The normalized spacial score (nSPS) is 33.2. The van der Waals surface area contributed by atoms with Crippen LogP contribution in [0.5, 0.6) is 0 Å². The molecule has 5 aliphatic rings. The van der Waals surface area contributed by atoms with Crippen molar-refractivity contribution in [1.29, 1.82) is 0 Å². The van der Waals surface area contributed by atoms with Gasteiger partial charge < -0.3 is 47.7 Å². The molecule has 2 aliphatic heterocycles. The molecule has 16 nitrogen and oxygen atoms in total. The van der Waals surface area contributed by atoms with Gasteiger partial charge in [-0.05, 0) is 42.7 Å². The van der Waals surface area contributed by atoms with Crippen molar-refractivity contribution >= 4 is 106 Å². The Hall–Kier alpha value is -3.58. The summed E-state index contributed by atoms with van der Waals surface area (Å²) in [5, 5.41) is 13.9. The molecule has 1 N–H and O–H groups in total. The minimum atomic E-state index is -2.48. The maximum absolute atomic E-state index is 16.1. The van der Waals surface area contributed by atoms with Crippen LogP contribution in [0.25, 0.3) is 0 Å². The second kappa shape index (κ2) is 18.4. The summed E-state index contributed by atoms with van der Waals surface area (Å²) in [6, 6.07) is 16.6. The van der Waals surface area contributed by atoms with Gasteiger partial charge in [0.2, 0.25) is 7.59 Å². The van der Waals surface area contributed by atoms with E-state index >= 15 is 4.79 Å². The molecule has 4 fully saturated rings. The lowest BCUT2D eigenvalue weighted by Crippen LogP contribution is -2.82. The van der Waals surface area contributed by atoms with Gasteiger partial charge in [-0.3, -0.25) is 9.59 Å². The first-order valence-electron chi connectivity index (χ1n) is 20.5. The maximum Gasteiger partial charge on any atom is 0.509 e. The number of esters is 3. The number of epoxide rings is 1. The minimum Gasteiger partial charge on any atom is -0.456 e. The quantitative estimate of drug-likeness (QED) is 0.0790. The van der Waals surface area contributed by atoms with E-state index in [0.717, 1.165) is 6.92 Å². The van der Waals surface area contributed by atoms with Crippen LogP contribution in [0, 0.1) is 16.7 Å². The Morgan fingerprint density at radius 1 is 0.818 bits per heavy atom. The fourth-order valence-corrected chi connectivity index (χ4v) is 10.3. The summed E-state index contributed by atoms with van der Waals surface area (Å²) in [6.45, 7) is 4.82. The van der Waals surface area contributed by atoms with Crippen LogP contribution in [0.1, 0.15) is 69.5 Å². The Labute approximate surface area is 408 Å². The molecule has 66 heavy (non-hydrogen) atoms. The zero-order valence-electron chi connectivity index (χ0n) is 35.8. The molecule has 0 spiro atoms. The third kappa shape index (κ3) is 9.55. The highest BCUT2D eigenvalue weighted by atomic mass is 35.6. The van der Waals surface area contributed by atoms with Gasteiger partial charge in [0.05, 0.1) is 23.5 Å². The molecule has 22 heteroatoms. The number of carbonyl (C=O) groups excluding carboxylic acids is 6. The van der Waals surface area contributed by atoms with E-state index < -0.39 is 141 Å². The van der Waals surface area contributed by atoms with E-state index in [4.69, 9.17) is 112 Å². The number of halogens is 6. The van der Waals surface area contributed by atoms with Crippen LogP contribution < -0.4 is 0 Å². The van der Waals surface area contributed by atoms with E-state index in [1.165, 1.54) is 39.8 Å². The van der Waals surface area contributed by atoms with E-state index in [0.29, 0.717) is 5.56 Å². The summed E-state index contributed by atoms with van der Waals surface area (Å²) in [6.07, 6.45) is -14.0. The van der Waals surface area contributed by atoms with Gasteiger partial charge in [0.1, 0.15) is 49.3 Å². The van der Waals surface area contributed by atoms with Gasteiger partial charge in [-0.15, -0.1) is 0 Å². The molecule has 0 unspecified atom stereocenters. The van der Waals surface area contributed by atoms with Crippen molar-refractivity contribution in [3.8, 4) is 0 Å². The molecule has 2 bridgehead atoms. The number of carbonyl (C=O) groups is 6. The zero-order valence-corrected chi connectivity index (χ0v) is 40.3. The molecule has 7 rings (SSSR count). The van der Waals surface area contributed by atoms with Gasteiger partial charge in [-0.2, -0.15) is 0 Å². The lowest BCUT2D eigenvalue weighted by atomic mass is 9.44. The molecule has 2 heterocycles. The smallest absolute Gasteiger partial charge is 0.456 e. The number of ether oxygens (including phenoxy) is 9. The summed E-state index contributed by atoms with van der Waals surface area (Å²) in [7, 11) is 0. The first kappa shape index (κ1) is 50.3. The second-order valence-electron chi connectivity index (χ2n) is 17.5. The number of fused-ring (bicyclic) bond motifs is 5. The van der Waals surface area contributed by atoms with E-state index in [2.05, 4.69) is 0 Å². The van der Waals surface area contributed by atoms with Gasteiger partial charge in [-0.25, -0.2) is 19.2 Å². The van der Waals surface area contributed by atoms with Crippen molar-refractivity contribution in [2.75, 3.05) is 19.8 Å². The van der Waals surface area contributed by atoms with Crippen LogP contribution in [-0.2, 0) is 57.0 Å². The summed E-state index contributed by atoms with van der Waals surface area (Å²) in [5.74, 6) is -5.51. The third-order valence-electron chi connectivity index (χ3n) is 13.1. The van der Waals surface area contributed by atoms with Crippen molar-refractivity contribution in [3.05, 3.63) is 82.9 Å². The summed E-state index contributed by atoms with van der Waals surface area (Å²) >= 11 is 35.3. The largest absolute Gasteiger partial charge is 0.509 e. The predicted molar refractivity (Wildman–Crippen MR) is 234 cm³/mol. The minimum absolute atomic E-state index is 0.0114.